The molecule has 0 aromatic heterocycles. The lowest BCUT2D eigenvalue weighted by Gasteiger charge is -2.45. The molecule has 3 nitrogen and oxygen atoms in total. The minimum atomic E-state index is -0.658. The Hall–Kier alpha value is -0.570. The van der Waals surface area contributed by atoms with Crippen molar-refractivity contribution < 1.29 is 9.90 Å². The third-order valence-corrected chi connectivity index (χ3v) is 3.93. The van der Waals surface area contributed by atoms with Crippen molar-refractivity contribution in [3.8, 4) is 0 Å². The van der Waals surface area contributed by atoms with Crippen LogP contribution in [-0.4, -0.2) is 34.1 Å². The summed E-state index contributed by atoms with van der Waals surface area (Å²) in [6, 6.07) is 0.460. The van der Waals surface area contributed by atoms with Crippen LogP contribution in [0.15, 0.2) is 0 Å². The zero-order valence-electron chi connectivity index (χ0n) is 10.8. The van der Waals surface area contributed by atoms with Gasteiger partial charge in [-0.2, -0.15) is 0 Å². The third-order valence-electron chi connectivity index (χ3n) is 3.93. The van der Waals surface area contributed by atoms with Gasteiger partial charge in [0.2, 0.25) is 0 Å². The number of piperidine rings is 1. The first-order valence-corrected chi connectivity index (χ1v) is 6.56. The first-order chi connectivity index (χ1) is 7.56. The summed E-state index contributed by atoms with van der Waals surface area (Å²) in [6.07, 6.45) is 6.28. The minimum absolute atomic E-state index is 0.460. The summed E-state index contributed by atoms with van der Waals surface area (Å²) in [5.74, 6) is -0.658. The standard InChI is InChI=1S/C13H25NO2/c1-4-9-13(3,12(15)16)14-10-7-6-8-11(14)5-2/h11H,4-10H2,1-3H3,(H,15,16). The summed E-state index contributed by atoms with van der Waals surface area (Å²) < 4.78 is 0. The van der Waals surface area contributed by atoms with E-state index in [0.717, 1.165) is 38.6 Å². The number of carbonyl (C=O) groups is 1. The van der Waals surface area contributed by atoms with Crippen molar-refractivity contribution >= 4 is 5.97 Å². The van der Waals surface area contributed by atoms with Gasteiger partial charge in [-0.3, -0.25) is 9.69 Å². The average Bonchev–Trinajstić information content (AvgIpc) is 2.29. The predicted molar refractivity (Wildman–Crippen MR) is 65.6 cm³/mol. The predicted octanol–water partition coefficient (Wildman–Crippen LogP) is 2.89. The molecular weight excluding hydrogens is 202 g/mol. The van der Waals surface area contributed by atoms with Crippen LogP contribution in [0.25, 0.3) is 0 Å². The van der Waals surface area contributed by atoms with E-state index in [0.29, 0.717) is 6.04 Å². The largest absolute Gasteiger partial charge is 0.480 e. The van der Waals surface area contributed by atoms with Crippen molar-refractivity contribution in [2.75, 3.05) is 6.54 Å². The number of carboxylic acid groups (broad SMARTS) is 1. The minimum Gasteiger partial charge on any atom is -0.480 e. The van der Waals surface area contributed by atoms with Gasteiger partial charge in [0.1, 0.15) is 5.54 Å². The fourth-order valence-corrected chi connectivity index (χ4v) is 2.93. The summed E-state index contributed by atoms with van der Waals surface area (Å²) in [4.78, 5) is 13.8. The molecule has 16 heavy (non-hydrogen) atoms. The maximum Gasteiger partial charge on any atom is 0.323 e. The number of aliphatic carboxylic acids is 1. The molecule has 1 aliphatic heterocycles. The molecule has 1 rings (SSSR count). The van der Waals surface area contributed by atoms with Gasteiger partial charge in [0, 0.05) is 6.04 Å². The lowest BCUT2D eigenvalue weighted by molar-refractivity contribution is -0.154. The molecule has 1 N–H and O–H groups in total. The monoisotopic (exact) mass is 227 g/mol. The van der Waals surface area contributed by atoms with Gasteiger partial charge in [-0.15, -0.1) is 0 Å². The van der Waals surface area contributed by atoms with Crippen molar-refractivity contribution in [3.63, 3.8) is 0 Å². The summed E-state index contributed by atoms with van der Waals surface area (Å²) in [5, 5.41) is 9.49. The Labute approximate surface area is 98.8 Å². The number of nitrogens with zero attached hydrogens (tertiary/aromatic N) is 1. The first kappa shape index (κ1) is 13.5. The SMILES string of the molecule is CCCC(C)(C(=O)O)N1CCCCC1CC. The van der Waals surface area contributed by atoms with Gasteiger partial charge in [-0.1, -0.05) is 26.7 Å². The molecule has 0 aromatic rings. The zero-order valence-corrected chi connectivity index (χ0v) is 10.8. The molecule has 0 saturated carbocycles. The normalized spacial score (nSPS) is 26.3. The third kappa shape index (κ3) is 2.57. The molecular formula is C13H25NO2. The Morgan fingerprint density at radius 1 is 1.44 bits per heavy atom. The van der Waals surface area contributed by atoms with Gasteiger partial charge >= 0.3 is 5.97 Å². The van der Waals surface area contributed by atoms with Crippen molar-refractivity contribution in [3.05, 3.63) is 0 Å². The van der Waals surface area contributed by atoms with Crippen LogP contribution in [0.5, 0.6) is 0 Å². The van der Waals surface area contributed by atoms with Gasteiger partial charge in [-0.05, 0) is 39.2 Å². The molecule has 1 fully saturated rings. The Bertz CT molecular complexity index is 242. The number of hydrogen-bond donors (Lipinski definition) is 1. The molecule has 0 aliphatic carbocycles. The van der Waals surface area contributed by atoms with E-state index in [1.807, 2.05) is 6.92 Å². The number of likely N-dealkylation sites (tertiary alicyclic amines) is 1. The molecule has 1 aliphatic rings. The van der Waals surface area contributed by atoms with Crippen molar-refractivity contribution in [2.24, 2.45) is 0 Å². The maximum atomic E-state index is 11.5. The molecule has 0 bridgehead atoms. The Kier molecular flexibility index (Phi) is 4.78. The van der Waals surface area contributed by atoms with Crippen molar-refractivity contribution in [1.82, 2.24) is 4.90 Å². The van der Waals surface area contributed by atoms with Crippen LogP contribution < -0.4 is 0 Å². The number of hydrogen-bond acceptors (Lipinski definition) is 2. The highest BCUT2D eigenvalue weighted by molar-refractivity contribution is 5.78. The molecule has 1 saturated heterocycles. The highest BCUT2D eigenvalue weighted by Crippen LogP contribution is 2.31. The van der Waals surface area contributed by atoms with E-state index in [1.165, 1.54) is 6.42 Å². The Morgan fingerprint density at radius 2 is 2.12 bits per heavy atom. The fraction of sp³-hybridized carbons (Fsp3) is 0.923. The quantitative estimate of drug-likeness (QED) is 0.785. The second-order valence-corrected chi connectivity index (χ2v) is 5.08. The molecule has 94 valence electrons. The van der Waals surface area contributed by atoms with Gasteiger partial charge in [0.25, 0.3) is 0 Å². The van der Waals surface area contributed by atoms with Gasteiger partial charge in [0.05, 0.1) is 0 Å². The van der Waals surface area contributed by atoms with Crippen LogP contribution in [0.1, 0.15) is 59.3 Å². The van der Waals surface area contributed by atoms with Gasteiger partial charge in [0.15, 0.2) is 0 Å². The maximum absolute atomic E-state index is 11.5. The first-order valence-electron chi connectivity index (χ1n) is 6.56. The van der Waals surface area contributed by atoms with E-state index >= 15 is 0 Å². The molecule has 1 heterocycles. The lowest BCUT2D eigenvalue weighted by Crippen LogP contribution is -2.58. The Morgan fingerprint density at radius 3 is 2.62 bits per heavy atom. The van der Waals surface area contributed by atoms with Crippen molar-refractivity contribution in [1.29, 1.82) is 0 Å². The van der Waals surface area contributed by atoms with Crippen LogP contribution in [0.2, 0.25) is 0 Å². The Balaban J connectivity index is 2.86. The van der Waals surface area contributed by atoms with Gasteiger partial charge in [-0.25, -0.2) is 0 Å². The summed E-state index contributed by atoms with van der Waals surface area (Å²) >= 11 is 0. The smallest absolute Gasteiger partial charge is 0.323 e. The second-order valence-electron chi connectivity index (χ2n) is 5.08. The second kappa shape index (κ2) is 5.67. The molecule has 0 amide bonds. The highest BCUT2D eigenvalue weighted by atomic mass is 16.4. The number of carboxylic acids is 1. The molecule has 2 atom stereocenters. The van der Waals surface area contributed by atoms with Crippen LogP contribution in [0.4, 0.5) is 0 Å². The van der Waals surface area contributed by atoms with Crippen LogP contribution >= 0.6 is 0 Å². The van der Waals surface area contributed by atoms with Crippen LogP contribution in [-0.2, 0) is 4.79 Å². The summed E-state index contributed by atoms with van der Waals surface area (Å²) in [6.45, 7) is 7.07. The fourth-order valence-electron chi connectivity index (χ4n) is 2.93. The van der Waals surface area contributed by atoms with Crippen LogP contribution in [0.3, 0.4) is 0 Å². The summed E-state index contributed by atoms with van der Waals surface area (Å²) in [7, 11) is 0. The van der Waals surface area contributed by atoms with Crippen LogP contribution in [0, 0.1) is 0 Å². The molecule has 3 heteroatoms. The van der Waals surface area contributed by atoms with Gasteiger partial charge < -0.3 is 5.11 Å². The zero-order chi connectivity index (χ0) is 12.2. The molecule has 0 spiro atoms. The van der Waals surface area contributed by atoms with E-state index in [2.05, 4.69) is 18.7 Å². The molecule has 0 aromatic carbocycles. The highest BCUT2D eigenvalue weighted by Gasteiger charge is 2.42. The van der Waals surface area contributed by atoms with E-state index < -0.39 is 11.5 Å². The van der Waals surface area contributed by atoms with Crippen molar-refractivity contribution in [2.45, 2.75) is 70.9 Å². The topological polar surface area (TPSA) is 40.5 Å². The van der Waals surface area contributed by atoms with E-state index in [4.69, 9.17) is 0 Å². The van der Waals surface area contributed by atoms with E-state index in [1.54, 1.807) is 0 Å². The van der Waals surface area contributed by atoms with E-state index in [9.17, 15) is 9.90 Å². The lowest BCUT2D eigenvalue weighted by atomic mass is 9.87. The van der Waals surface area contributed by atoms with E-state index in [-0.39, 0.29) is 0 Å². The summed E-state index contributed by atoms with van der Waals surface area (Å²) in [5.41, 5.74) is -0.657. The molecule has 2 unspecified atom stereocenters. The average molecular weight is 227 g/mol. The molecule has 0 radical (unpaired) electrons. The number of rotatable bonds is 5.